The van der Waals surface area contributed by atoms with E-state index < -0.39 is 5.60 Å². The number of fused-ring (bicyclic) bond motifs is 1. The lowest BCUT2D eigenvalue weighted by Gasteiger charge is -2.26. The van der Waals surface area contributed by atoms with Crippen LogP contribution in [0.3, 0.4) is 0 Å². The third-order valence-corrected chi connectivity index (χ3v) is 4.96. The average Bonchev–Trinajstić information content (AvgIpc) is 3.25. The molecule has 0 aliphatic carbocycles. The summed E-state index contributed by atoms with van der Waals surface area (Å²) in [5.41, 5.74) is 1.97. The number of rotatable bonds is 3. The number of hydrogen-bond acceptors (Lipinski definition) is 6. The SMILES string of the molecule is Cn1cc(-c2cn3nccc3c(O[C@H]3CCCN(C(=O)OC(C)(C)C)CC3)n2)cn1. The molecular formula is C21H28N6O3. The van der Waals surface area contributed by atoms with Crippen molar-refractivity contribution in [1.82, 2.24) is 29.3 Å². The Kier molecular flexibility index (Phi) is 5.36. The quantitative estimate of drug-likeness (QED) is 0.656. The largest absolute Gasteiger partial charge is 0.473 e. The van der Waals surface area contributed by atoms with Crippen molar-refractivity contribution in [1.29, 1.82) is 0 Å². The highest BCUT2D eigenvalue weighted by atomic mass is 16.6. The second kappa shape index (κ2) is 7.97. The summed E-state index contributed by atoms with van der Waals surface area (Å²) in [7, 11) is 1.87. The Balaban J connectivity index is 1.50. The summed E-state index contributed by atoms with van der Waals surface area (Å²) in [5, 5.41) is 8.58. The van der Waals surface area contributed by atoms with E-state index in [1.165, 1.54) is 0 Å². The number of likely N-dealkylation sites (tertiary alicyclic amines) is 1. The van der Waals surface area contributed by atoms with Gasteiger partial charge in [0.05, 0.1) is 24.3 Å². The van der Waals surface area contributed by atoms with Gasteiger partial charge in [-0.1, -0.05) is 0 Å². The smallest absolute Gasteiger partial charge is 0.410 e. The van der Waals surface area contributed by atoms with Crippen LogP contribution in [0.25, 0.3) is 16.8 Å². The molecule has 0 spiro atoms. The van der Waals surface area contributed by atoms with Crippen molar-refractivity contribution in [3.63, 3.8) is 0 Å². The van der Waals surface area contributed by atoms with Gasteiger partial charge in [0.15, 0.2) is 0 Å². The molecule has 9 nitrogen and oxygen atoms in total. The Labute approximate surface area is 175 Å². The first-order chi connectivity index (χ1) is 14.3. The fourth-order valence-electron chi connectivity index (χ4n) is 3.53. The van der Waals surface area contributed by atoms with Crippen LogP contribution in [0, 0.1) is 0 Å². The molecule has 1 atom stereocenters. The van der Waals surface area contributed by atoms with E-state index >= 15 is 0 Å². The standard InChI is InChI=1S/C21H28N6O3/c1-21(2,3)30-20(28)26-10-5-6-16(8-11-26)29-19-18-7-9-22-27(18)14-17(24-19)15-12-23-25(4)13-15/h7,9,12-14,16H,5-6,8,10-11H2,1-4H3/t16-/m0/s1. The summed E-state index contributed by atoms with van der Waals surface area (Å²) in [6.07, 6.45) is 9.40. The van der Waals surface area contributed by atoms with E-state index in [9.17, 15) is 4.79 Å². The maximum absolute atomic E-state index is 12.4. The highest BCUT2D eigenvalue weighted by molar-refractivity contribution is 5.68. The average molecular weight is 412 g/mol. The zero-order valence-corrected chi connectivity index (χ0v) is 17.9. The van der Waals surface area contributed by atoms with Crippen LogP contribution in [-0.4, -0.2) is 60.2 Å². The van der Waals surface area contributed by atoms with E-state index in [4.69, 9.17) is 14.5 Å². The normalized spacial score (nSPS) is 17.7. The highest BCUT2D eigenvalue weighted by Gasteiger charge is 2.26. The van der Waals surface area contributed by atoms with E-state index in [1.807, 2.05) is 46.3 Å². The molecular weight excluding hydrogens is 384 g/mol. The minimum absolute atomic E-state index is 0.0345. The number of carbonyl (C=O) groups excluding carboxylic acids is 1. The minimum Gasteiger partial charge on any atom is -0.473 e. The molecule has 1 saturated heterocycles. The molecule has 1 aliphatic heterocycles. The van der Waals surface area contributed by atoms with Gasteiger partial charge in [-0.25, -0.2) is 14.3 Å². The monoisotopic (exact) mass is 412 g/mol. The van der Waals surface area contributed by atoms with Crippen molar-refractivity contribution in [3.8, 4) is 17.1 Å². The Bertz CT molecular complexity index is 1030. The van der Waals surface area contributed by atoms with Crippen molar-refractivity contribution in [2.45, 2.75) is 51.7 Å². The van der Waals surface area contributed by atoms with Gasteiger partial charge in [0, 0.05) is 38.3 Å². The molecule has 1 fully saturated rings. The summed E-state index contributed by atoms with van der Waals surface area (Å²) in [6, 6.07) is 1.89. The molecule has 0 radical (unpaired) electrons. The van der Waals surface area contributed by atoms with Gasteiger partial charge < -0.3 is 14.4 Å². The number of amides is 1. The van der Waals surface area contributed by atoms with Gasteiger partial charge in [0.2, 0.25) is 5.88 Å². The van der Waals surface area contributed by atoms with Crippen molar-refractivity contribution in [2.75, 3.05) is 13.1 Å². The van der Waals surface area contributed by atoms with Crippen molar-refractivity contribution in [2.24, 2.45) is 7.05 Å². The maximum Gasteiger partial charge on any atom is 0.410 e. The Morgan fingerprint density at radius 2 is 2.00 bits per heavy atom. The molecule has 160 valence electrons. The van der Waals surface area contributed by atoms with Crippen LogP contribution in [0.2, 0.25) is 0 Å². The Hall–Kier alpha value is -3.10. The van der Waals surface area contributed by atoms with E-state index in [0.717, 1.165) is 36.0 Å². The highest BCUT2D eigenvalue weighted by Crippen LogP contribution is 2.26. The molecule has 3 aromatic heterocycles. The molecule has 1 amide bonds. The molecule has 1 aliphatic rings. The Morgan fingerprint density at radius 3 is 2.73 bits per heavy atom. The van der Waals surface area contributed by atoms with Gasteiger partial charge in [-0.3, -0.25) is 4.68 Å². The predicted molar refractivity (Wildman–Crippen MR) is 111 cm³/mol. The molecule has 0 N–H and O–H groups in total. The van der Waals surface area contributed by atoms with Gasteiger partial charge in [-0.2, -0.15) is 10.2 Å². The third kappa shape index (κ3) is 4.55. The van der Waals surface area contributed by atoms with E-state index in [0.29, 0.717) is 19.0 Å². The first-order valence-corrected chi connectivity index (χ1v) is 10.3. The molecule has 9 heteroatoms. The first-order valence-electron chi connectivity index (χ1n) is 10.3. The summed E-state index contributed by atoms with van der Waals surface area (Å²) in [5.74, 6) is 0.546. The van der Waals surface area contributed by atoms with Crippen LogP contribution in [-0.2, 0) is 11.8 Å². The summed E-state index contributed by atoms with van der Waals surface area (Å²) in [4.78, 5) is 18.9. The Morgan fingerprint density at radius 1 is 1.17 bits per heavy atom. The molecule has 4 heterocycles. The predicted octanol–water partition coefficient (Wildman–Crippen LogP) is 3.30. The lowest BCUT2D eigenvalue weighted by Crippen LogP contribution is -2.37. The second-order valence-corrected chi connectivity index (χ2v) is 8.63. The molecule has 30 heavy (non-hydrogen) atoms. The van der Waals surface area contributed by atoms with Gasteiger partial charge in [0.25, 0.3) is 0 Å². The van der Waals surface area contributed by atoms with Crippen LogP contribution < -0.4 is 4.74 Å². The first kappa shape index (κ1) is 20.2. The molecule has 0 unspecified atom stereocenters. The van der Waals surface area contributed by atoms with Crippen LogP contribution >= 0.6 is 0 Å². The fourth-order valence-corrected chi connectivity index (χ4v) is 3.53. The van der Waals surface area contributed by atoms with Crippen molar-refractivity contribution in [3.05, 3.63) is 30.9 Å². The maximum atomic E-state index is 12.4. The van der Waals surface area contributed by atoms with Crippen LogP contribution in [0.1, 0.15) is 40.0 Å². The minimum atomic E-state index is -0.496. The summed E-state index contributed by atoms with van der Waals surface area (Å²) >= 11 is 0. The molecule has 0 aromatic carbocycles. The van der Waals surface area contributed by atoms with Crippen LogP contribution in [0.4, 0.5) is 4.79 Å². The number of aromatic nitrogens is 5. The van der Waals surface area contributed by atoms with Crippen LogP contribution in [0.5, 0.6) is 5.88 Å². The molecule has 4 rings (SSSR count). The van der Waals surface area contributed by atoms with Crippen molar-refractivity contribution < 1.29 is 14.3 Å². The zero-order chi connectivity index (χ0) is 21.3. The topological polar surface area (TPSA) is 86.8 Å². The molecule has 0 saturated carbocycles. The summed E-state index contributed by atoms with van der Waals surface area (Å²) in [6.45, 7) is 6.91. The second-order valence-electron chi connectivity index (χ2n) is 8.63. The number of nitrogens with zero attached hydrogens (tertiary/aromatic N) is 6. The van der Waals surface area contributed by atoms with Gasteiger partial charge >= 0.3 is 6.09 Å². The summed E-state index contributed by atoms with van der Waals surface area (Å²) < 4.78 is 15.4. The number of aryl methyl sites for hydroxylation is 1. The van der Waals surface area contributed by atoms with E-state index in [2.05, 4.69) is 10.2 Å². The number of hydrogen-bond donors (Lipinski definition) is 0. The molecule has 0 bridgehead atoms. The van der Waals surface area contributed by atoms with Gasteiger partial charge in [-0.05, 0) is 39.7 Å². The van der Waals surface area contributed by atoms with Crippen LogP contribution in [0.15, 0.2) is 30.9 Å². The zero-order valence-electron chi connectivity index (χ0n) is 17.9. The number of carbonyl (C=O) groups is 1. The van der Waals surface area contributed by atoms with E-state index in [1.54, 1.807) is 26.5 Å². The van der Waals surface area contributed by atoms with E-state index in [-0.39, 0.29) is 12.2 Å². The van der Waals surface area contributed by atoms with Gasteiger partial charge in [-0.15, -0.1) is 0 Å². The molecule has 3 aromatic rings. The van der Waals surface area contributed by atoms with Crippen molar-refractivity contribution >= 4 is 11.6 Å². The fraction of sp³-hybridized carbons (Fsp3) is 0.524. The third-order valence-electron chi connectivity index (χ3n) is 4.96. The number of ether oxygens (including phenoxy) is 2. The lowest BCUT2D eigenvalue weighted by atomic mass is 10.1. The lowest BCUT2D eigenvalue weighted by molar-refractivity contribution is 0.0252. The van der Waals surface area contributed by atoms with Gasteiger partial charge in [0.1, 0.15) is 17.2 Å².